The van der Waals surface area contributed by atoms with Crippen LogP contribution < -0.4 is 18.6 Å². The first-order valence-corrected chi connectivity index (χ1v) is 7.49. The lowest BCUT2D eigenvalue weighted by Gasteiger charge is -2.17. The number of ether oxygens (including phenoxy) is 1. The molecule has 0 aliphatic heterocycles. The molecule has 7 nitrogen and oxygen atoms in total. The Morgan fingerprint density at radius 2 is 1.64 bits per heavy atom. The molecule has 0 spiro atoms. The highest BCUT2D eigenvalue weighted by molar-refractivity contribution is 5.71. The Hall–Kier alpha value is -1.64. The zero-order chi connectivity index (χ0) is 17.2. The highest BCUT2D eigenvalue weighted by atomic mass is 35.7. The van der Waals surface area contributed by atoms with Crippen LogP contribution >= 0.6 is 0 Å². The summed E-state index contributed by atoms with van der Waals surface area (Å²) in [4.78, 5) is 1.97. The van der Waals surface area contributed by atoms with E-state index in [1.54, 1.807) is 0 Å². The molecule has 0 aliphatic carbocycles. The number of halogens is 1. The van der Waals surface area contributed by atoms with E-state index in [0.29, 0.717) is 6.61 Å². The number of benzene rings is 1. The predicted octanol–water partition coefficient (Wildman–Crippen LogP) is -2.81. The number of allylic oxidation sites excluding steroid dienone is 1. The quantitative estimate of drug-likeness (QED) is 0.327. The van der Waals surface area contributed by atoms with Crippen LogP contribution in [0.4, 0.5) is 0 Å². The van der Waals surface area contributed by atoms with Gasteiger partial charge in [0.2, 0.25) is 6.21 Å². The molecule has 0 heterocycles. The summed E-state index contributed by atoms with van der Waals surface area (Å²) in [6, 6.07) is 10.2. The van der Waals surface area contributed by atoms with E-state index in [-0.39, 0.29) is 0 Å². The molecule has 1 aromatic carbocycles. The van der Waals surface area contributed by atoms with Gasteiger partial charge in [0.1, 0.15) is 20.7 Å². The zero-order valence-corrected chi connectivity index (χ0v) is 13.8. The van der Waals surface area contributed by atoms with Crippen LogP contribution in [0.25, 0.3) is 0 Å². The Balaban J connectivity index is 0.000000763. The molecule has 0 N–H and O–H groups in total. The van der Waals surface area contributed by atoms with Gasteiger partial charge in [-0.2, -0.15) is 0 Å². The van der Waals surface area contributed by atoms with E-state index in [0.717, 1.165) is 5.76 Å². The van der Waals surface area contributed by atoms with Crippen LogP contribution in [0, 0.1) is 10.2 Å². The van der Waals surface area contributed by atoms with Gasteiger partial charge in [-0.05, 0) is 5.56 Å². The standard InChI is InChI=1S/C14H21N2O.ClHO4/c1-15(2)10-14(11-16(3)4)17-12-13-8-6-5-7-9-13;2-1(3,4)5/h5-11H,12H2,1-4H3;(H,2,3,4,5)/q+1;/p-1. The van der Waals surface area contributed by atoms with Crippen molar-refractivity contribution >= 4 is 6.21 Å². The van der Waals surface area contributed by atoms with Crippen molar-refractivity contribution in [1.82, 2.24) is 4.90 Å². The van der Waals surface area contributed by atoms with E-state index in [1.165, 1.54) is 5.56 Å². The molecule has 0 atom stereocenters. The van der Waals surface area contributed by atoms with Gasteiger partial charge < -0.3 is 9.64 Å². The lowest BCUT2D eigenvalue weighted by atomic mass is 10.2. The number of hydrogen-bond acceptors (Lipinski definition) is 6. The highest BCUT2D eigenvalue weighted by Crippen LogP contribution is 2.04. The van der Waals surface area contributed by atoms with Crippen molar-refractivity contribution in [2.75, 3.05) is 28.2 Å². The summed E-state index contributed by atoms with van der Waals surface area (Å²) < 4.78 is 41.7. The first-order chi connectivity index (χ1) is 10.1. The molecule has 22 heavy (non-hydrogen) atoms. The number of nitrogens with zero attached hydrogens (tertiary/aromatic N) is 2. The first kappa shape index (κ1) is 20.4. The maximum Gasteiger partial charge on any atom is 0.207 e. The fourth-order valence-corrected chi connectivity index (χ4v) is 1.36. The van der Waals surface area contributed by atoms with Crippen LogP contribution in [-0.2, 0) is 11.3 Å². The number of rotatable bonds is 5. The monoisotopic (exact) mass is 332 g/mol. The molecule has 1 aromatic rings. The Morgan fingerprint density at radius 3 is 2.05 bits per heavy atom. The van der Waals surface area contributed by atoms with E-state index >= 15 is 0 Å². The Morgan fingerprint density at radius 1 is 1.14 bits per heavy atom. The Labute approximate surface area is 132 Å². The highest BCUT2D eigenvalue weighted by Gasteiger charge is 2.01. The molecule has 0 fully saturated rings. The van der Waals surface area contributed by atoms with Gasteiger partial charge in [0.25, 0.3) is 0 Å². The van der Waals surface area contributed by atoms with Gasteiger partial charge in [0.15, 0.2) is 5.76 Å². The van der Waals surface area contributed by atoms with E-state index in [9.17, 15) is 0 Å². The fourth-order valence-electron chi connectivity index (χ4n) is 1.36. The number of hydrogen-bond donors (Lipinski definition) is 0. The summed E-state index contributed by atoms with van der Waals surface area (Å²) in [5, 5.41) is 0. The SMILES string of the molecule is CN(C)/C=C(\C=[N+](C)C)OCc1ccccc1.[O-][Cl+3]([O-])([O-])[O-]. The van der Waals surface area contributed by atoms with Crippen molar-refractivity contribution < 1.29 is 38.2 Å². The molecule has 0 unspecified atom stereocenters. The predicted molar refractivity (Wildman–Crippen MR) is 71.2 cm³/mol. The Bertz CT molecular complexity index is 474. The van der Waals surface area contributed by atoms with E-state index < -0.39 is 10.2 Å². The van der Waals surface area contributed by atoms with Gasteiger partial charge in [0, 0.05) is 20.3 Å². The third-order valence-electron chi connectivity index (χ3n) is 2.02. The van der Waals surface area contributed by atoms with Crippen LogP contribution in [0.5, 0.6) is 0 Å². The lowest BCUT2D eigenvalue weighted by molar-refractivity contribution is -2.00. The van der Waals surface area contributed by atoms with E-state index in [2.05, 4.69) is 12.1 Å². The molecule has 1 rings (SSSR count). The third-order valence-corrected chi connectivity index (χ3v) is 2.02. The minimum atomic E-state index is -4.94. The van der Waals surface area contributed by atoms with Crippen LogP contribution in [0.1, 0.15) is 5.56 Å². The second kappa shape index (κ2) is 10.1. The molecular formula is C14H21ClN2O5. The van der Waals surface area contributed by atoms with Crippen LogP contribution in [-0.4, -0.2) is 43.9 Å². The normalized spacial score (nSPS) is 11.2. The van der Waals surface area contributed by atoms with Gasteiger partial charge in [0.05, 0.1) is 0 Å². The van der Waals surface area contributed by atoms with Crippen LogP contribution in [0.15, 0.2) is 42.3 Å². The topological polar surface area (TPSA) is 108 Å². The summed E-state index contributed by atoms with van der Waals surface area (Å²) >= 11 is 0. The molecular weight excluding hydrogens is 312 g/mol. The lowest BCUT2D eigenvalue weighted by Crippen LogP contribution is -2.68. The molecule has 0 aliphatic rings. The fraction of sp³-hybridized carbons (Fsp3) is 0.357. The van der Waals surface area contributed by atoms with Crippen LogP contribution in [0.2, 0.25) is 0 Å². The first-order valence-electron chi connectivity index (χ1n) is 6.26. The average molecular weight is 333 g/mol. The maximum atomic E-state index is 8.49. The molecule has 0 aromatic heterocycles. The van der Waals surface area contributed by atoms with Crippen molar-refractivity contribution in [2.45, 2.75) is 6.61 Å². The van der Waals surface area contributed by atoms with E-state index in [4.69, 9.17) is 23.4 Å². The van der Waals surface area contributed by atoms with Gasteiger partial charge >= 0.3 is 0 Å². The summed E-state index contributed by atoms with van der Waals surface area (Å²) in [7, 11) is 2.98. The van der Waals surface area contributed by atoms with Crippen LogP contribution in [0.3, 0.4) is 0 Å². The van der Waals surface area contributed by atoms with Crippen molar-refractivity contribution in [3.05, 3.63) is 47.9 Å². The molecule has 0 radical (unpaired) electrons. The minimum Gasteiger partial charge on any atom is -0.482 e. The summed E-state index contributed by atoms with van der Waals surface area (Å²) in [5.74, 6) is 0.851. The van der Waals surface area contributed by atoms with Crippen molar-refractivity contribution in [3.8, 4) is 0 Å². The Kier molecular flexibility index (Phi) is 9.39. The maximum absolute atomic E-state index is 8.49. The van der Waals surface area contributed by atoms with Gasteiger partial charge in [-0.25, -0.2) is 23.2 Å². The molecule has 0 bridgehead atoms. The van der Waals surface area contributed by atoms with Gasteiger partial charge in [-0.1, -0.05) is 30.3 Å². The summed E-state index contributed by atoms with van der Waals surface area (Å²) in [6.07, 6.45) is 3.92. The molecule has 0 saturated heterocycles. The van der Waals surface area contributed by atoms with Gasteiger partial charge in [-0.15, -0.1) is 10.2 Å². The average Bonchev–Trinajstić information content (AvgIpc) is 2.34. The third kappa shape index (κ3) is 14.8. The van der Waals surface area contributed by atoms with Crippen molar-refractivity contribution in [1.29, 1.82) is 0 Å². The van der Waals surface area contributed by atoms with Crippen molar-refractivity contribution in [2.24, 2.45) is 0 Å². The smallest absolute Gasteiger partial charge is 0.207 e. The van der Waals surface area contributed by atoms with Gasteiger partial charge in [-0.3, -0.25) is 0 Å². The summed E-state index contributed by atoms with van der Waals surface area (Å²) in [5.41, 5.74) is 1.17. The zero-order valence-electron chi connectivity index (χ0n) is 13.1. The molecule has 0 saturated carbocycles. The van der Waals surface area contributed by atoms with Crippen molar-refractivity contribution in [3.63, 3.8) is 0 Å². The summed E-state index contributed by atoms with van der Waals surface area (Å²) in [6.45, 7) is 0.588. The minimum absolute atomic E-state index is 0.588. The second-order valence-electron chi connectivity index (χ2n) is 4.74. The largest absolute Gasteiger partial charge is 0.482 e. The molecule has 0 amide bonds. The molecule has 124 valence electrons. The van der Waals surface area contributed by atoms with E-state index in [1.807, 2.05) is 68.3 Å². The second-order valence-corrected chi connectivity index (χ2v) is 5.50. The molecule has 8 heteroatoms.